The predicted octanol–water partition coefficient (Wildman–Crippen LogP) is 4.14. The van der Waals surface area contributed by atoms with Crippen molar-refractivity contribution < 1.29 is 8.42 Å². The van der Waals surface area contributed by atoms with Crippen LogP contribution in [-0.2, 0) is 9.84 Å². The Hall–Kier alpha value is 0.0700. The van der Waals surface area contributed by atoms with Crippen LogP contribution in [0.15, 0.2) is 22.6 Å². The fraction of sp³-hybridized carbons (Fsp3) is 0.111. The molecule has 0 bridgehead atoms. The molecule has 1 aromatic rings. The highest BCUT2D eigenvalue weighted by Crippen LogP contribution is 2.36. The largest absolute Gasteiger partial charge is 0.223 e. The van der Waals surface area contributed by atoms with Crippen molar-refractivity contribution in [3.63, 3.8) is 0 Å². The number of hydrogen-bond acceptors (Lipinski definition) is 2. The first-order valence-electron chi connectivity index (χ1n) is 3.95. The van der Waals surface area contributed by atoms with Crippen LogP contribution in [0.25, 0.3) is 5.03 Å². The molecule has 0 radical (unpaired) electrons. The van der Waals surface area contributed by atoms with E-state index in [0.29, 0.717) is 0 Å². The van der Waals surface area contributed by atoms with Crippen LogP contribution >= 0.6 is 46.4 Å². The van der Waals surface area contributed by atoms with Gasteiger partial charge in [0.15, 0.2) is 14.2 Å². The standard InChI is InChI=1S/C9H6Cl4O2S/c1-16(14,15)9(13)8(12)5-3-2-4-6(10)7(5)11/h2-4H,1H3. The van der Waals surface area contributed by atoms with E-state index < -0.39 is 14.2 Å². The summed E-state index contributed by atoms with van der Waals surface area (Å²) >= 11 is 23.1. The quantitative estimate of drug-likeness (QED) is 0.821. The smallest absolute Gasteiger partial charge is 0.187 e. The molecule has 0 amide bonds. The minimum absolute atomic E-state index is 0.142. The normalized spacial score (nSPS) is 13.6. The summed E-state index contributed by atoms with van der Waals surface area (Å²) in [6.07, 6.45) is 0.955. The fourth-order valence-electron chi connectivity index (χ4n) is 0.942. The van der Waals surface area contributed by atoms with Crippen LogP contribution < -0.4 is 0 Å². The Morgan fingerprint density at radius 2 is 1.75 bits per heavy atom. The molecule has 0 aromatic heterocycles. The van der Waals surface area contributed by atoms with Gasteiger partial charge in [0.1, 0.15) is 0 Å². The van der Waals surface area contributed by atoms with E-state index in [0.717, 1.165) is 6.26 Å². The van der Waals surface area contributed by atoms with E-state index in [4.69, 9.17) is 46.4 Å². The monoisotopic (exact) mass is 318 g/mol. The second-order valence-corrected chi connectivity index (χ2v) is 6.68. The van der Waals surface area contributed by atoms with Gasteiger partial charge in [-0.3, -0.25) is 0 Å². The van der Waals surface area contributed by atoms with Gasteiger partial charge >= 0.3 is 0 Å². The Morgan fingerprint density at radius 3 is 2.25 bits per heavy atom. The second kappa shape index (κ2) is 5.15. The van der Waals surface area contributed by atoms with Crippen LogP contribution in [0.4, 0.5) is 0 Å². The Labute approximate surface area is 114 Å². The minimum Gasteiger partial charge on any atom is -0.223 e. The Balaban J connectivity index is 3.47. The van der Waals surface area contributed by atoms with Gasteiger partial charge in [-0.2, -0.15) is 0 Å². The third kappa shape index (κ3) is 3.05. The molecule has 88 valence electrons. The zero-order chi connectivity index (χ0) is 12.5. The molecule has 7 heteroatoms. The van der Waals surface area contributed by atoms with E-state index >= 15 is 0 Å². The van der Waals surface area contributed by atoms with E-state index in [-0.39, 0.29) is 20.6 Å². The van der Waals surface area contributed by atoms with Gasteiger partial charge in [-0.05, 0) is 6.07 Å². The van der Waals surface area contributed by atoms with Gasteiger partial charge < -0.3 is 0 Å². The second-order valence-electron chi connectivity index (χ2n) is 2.96. The molecule has 0 atom stereocenters. The first-order valence-corrected chi connectivity index (χ1v) is 7.35. The van der Waals surface area contributed by atoms with Gasteiger partial charge in [-0.1, -0.05) is 58.5 Å². The molecule has 0 aliphatic rings. The van der Waals surface area contributed by atoms with Crippen molar-refractivity contribution in [2.75, 3.05) is 6.26 Å². The van der Waals surface area contributed by atoms with Crippen molar-refractivity contribution in [1.29, 1.82) is 0 Å². The average molecular weight is 320 g/mol. The van der Waals surface area contributed by atoms with Gasteiger partial charge in [0.2, 0.25) is 0 Å². The number of rotatable bonds is 2. The molecule has 0 N–H and O–H groups in total. The van der Waals surface area contributed by atoms with Crippen molar-refractivity contribution in [2.24, 2.45) is 0 Å². The van der Waals surface area contributed by atoms with Crippen molar-refractivity contribution in [3.05, 3.63) is 38.2 Å². The molecule has 0 aliphatic carbocycles. The lowest BCUT2D eigenvalue weighted by Crippen LogP contribution is -1.97. The maximum absolute atomic E-state index is 11.2. The predicted molar refractivity (Wildman–Crippen MR) is 69.9 cm³/mol. The number of sulfone groups is 1. The van der Waals surface area contributed by atoms with Crippen LogP contribution in [0.2, 0.25) is 10.0 Å². The van der Waals surface area contributed by atoms with Gasteiger partial charge in [0.25, 0.3) is 0 Å². The van der Waals surface area contributed by atoms with Crippen molar-refractivity contribution in [2.45, 2.75) is 0 Å². The molecule has 0 saturated heterocycles. The summed E-state index contributed by atoms with van der Waals surface area (Å²) in [6, 6.07) is 4.69. The van der Waals surface area contributed by atoms with E-state index in [2.05, 4.69) is 0 Å². The van der Waals surface area contributed by atoms with Crippen LogP contribution in [0, 0.1) is 0 Å². The van der Waals surface area contributed by atoms with E-state index in [1.165, 1.54) is 6.07 Å². The molecule has 0 unspecified atom stereocenters. The third-order valence-electron chi connectivity index (χ3n) is 1.69. The lowest BCUT2D eigenvalue weighted by atomic mass is 10.2. The van der Waals surface area contributed by atoms with E-state index in [9.17, 15) is 8.42 Å². The summed E-state index contributed by atoms with van der Waals surface area (Å²) in [5.41, 5.74) is 0.284. The Bertz CT molecular complexity index is 549. The highest BCUT2D eigenvalue weighted by atomic mass is 35.5. The number of benzene rings is 1. The lowest BCUT2D eigenvalue weighted by Gasteiger charge is -2.06. The molecule has 16 heavy (non-hydrogen) atoms. The molecule has 1 aromatic carbocycles. The Morgan fingerprint density at radius 1 is 1.19 bits per heavy atom. The van der Waals surface area contributed by atoms with E-state index in [1.54, 1.807) is 12.1 Å². The summed E-state index contributed by atoms with van der Waals surface area (Å²) in [6.45, 7) is 0. The zero-order valence-corrected chi connectivity index (χ0v) is 11.8. The summed E-state index contributed by atoms with van der Waals surface area (Å²) in [5.74, 6) is 0. The van der Waals surface area contributed by atoms with Gasteiger partial charge in [0.05, 0.1) is 15.1 Å². The van der Waals surface area contributed by atoms with Gasteiger partial charge in [-0.25, -0.2) is 8.42 Å². The van der Waals surface area contributed by atoms with Crippen LogP contribution in [-0.4, -0.2) is 14.7 Å². The summed E-state index contributed by atoms with van der Waals surface area (Å²) in [7, 11) is -3.57. The third-order valence-corrected chi connectivity index (χ3v) is 4.99. The maximum atomic E-state index is 11.2. The van der Waals surface area contributed by atoms with Crippen LogP contribution in [0.3, 0.4) is 0 Å². The zero-order valence-electron chi connectivity index (χ0n) is 7.97. The van der Waals surface area contributed by atoms with Crippen molar-refractivity contribution in [1.82, 2.24) is 0 Å². The molecule has 1 rings (SSSR count). The highest BCUT2D eigenvalue weighted by Gasteiger charge is 2.17. The first-order chi connectivity index (χ1) is 7.25. The van der Waals surface area contributed by atoms with Crippen molar-refractivity contribution in [3.8, 4) is 0 Å². The SMILES string of the molecule is CS(=O)(=O)C(Cl)=C(Cl)c1cccc(Cl)c1Cl. The van der Waals surface area contributed by atoms with E-state index in [1.807, 2.05) is 0 Å². The topological polar surface area (TPSA) is 34.1 Å². The Kier molecular flexibility index (Phi) is 4.55. The molecule has 0 heterocycles. The molecule has 0 aliphatic heterocycles. The van der Waals surface area contributed by atoms with Gasteiger partial charge in [-0.15, -0.1) is 0 Å². The molecule has 0 saturated carbocycles. The average Bonchev–Trinajstić information content (AvgIpc) is 2.18. The molecular weight excluding hydrogens is 314 g/mol. The van der Waals surface area contributed by atoms with Crippen molar-refractivity contribution >= 4 is 61.3 Å². The highest BCUT2D eigenvalue weighted by molar-refractivity contribution is 7.96. The minimum atomic E-state index is -3.57. The lowest BCUT2D eigenvalue weighted by molar-refractivity contribution is 0.609. The number of halogens is 4. The fourth-order valence-corrected chi connectivity index (χ4v) is 2.50. The molecule has 0 spiro atoms. The molecule has 2 nitrogen and oxygen atoms in total. The van der Waals surface area contributed by atoms with Crippen LogP contribution in [0.5, 0.6) is 0 Å². The van der Waals surface area contributed by atoms with Gasteiger partial charge in [0, 0.05) is 11.8 Å². The summed E-state index contributed by atoms with van der Waals surface area (Å²) < 4.78 is 21.9. The summed E-state index contributed by atoms with van der Waals surface area (Å²) in [4.78, 5) is 0. The molecular formula is C9H6Cl4O2S. The van der Waals surface area contributed by atoms with Crippen LogP contribution in [0.1, 0.15) is 5.56 Å². The molecule has 0 fully saturated rings. The number of hydrogen-bond donors (Lipinski definition) is 0. The maximum Gasteiger partial charge on any atom is 0.187 e. The summed E-state index contributed by atoms with van der Waals surface area (Å²) in [5, 5.41) is 0.294. The first kappa shape index (κ1) is 14.1.